The molecular formula is C27H40O3. The predicted octanol–water partition coefficient (Wildman–Crippen LogP) is 6.44. The minimum absolute atomic E-state index is 0.0921. The molecule has 0 bridgehead atoms. The molecule has 0 aromatic rings. The summed E-state index contributed by atoms with van der Waals surface area (Å²) in [7, 11) is 0. The van der Waals surface area contributed by atoms with Crippen LogP contribution in [0.4, 0.5) is 0 Å². The molecule has 1 unspecified atom stereocenters. The monoisotopic (exact) mass is 412 g/mol. The van der Waals surface area contributed by atoms with Gasteiger partial charge in [0.15, 0.2) is 5.78 Å². The molecule has 166 valence electrons. The maximum Gasteiger partial charge on any atom is 0.306 e. The molecular weight excluding hydrogens is 372 g/mol. The number of carbonyl (C=O) groups excluding carboxylic acids is 1. The Hall–Kier alpha value is -1.38. The fraction of sp³-hybridized carbons (Fsp3) is 0.778. The number of carboxylic acids is 1. The van der Waals surface area contributed by atoms with Crippen molar-refractivity contribution in [3.63, 3.8) is 0 Å². The van der Waals surface area contributed by atoms with Crippen molar-refractivity contribution in [2.24, 2.45) is 46.3 Å². The van der Waals surface area contributed by atoms with Crippen LogP contribution in [0, 0.1) is 46.3 Å². The Balaban J connectivity index is 1.45. The highest BCUT2D eigenvalue weighted by atomic mass is 16.4. The second kappa shape index (κ2) is 7.95. The molecule has 0 aromatic carbocycles. The Bertz CT molecular complexity index is 764. The Morgan fingerprint density at radius 3 is 2.63 bits per heavy atom. The number of aliphatic carboxylic acids is 1. The zero-order chi connectivity index (χ0) is 21.7. The molecule has 0 aromatic heterocycles. The lowest BCUT2D eigenvalue weighted by Crippen LogP contribution is -2.50. The Labute approximate surface area is 182 Å². The molecule has 0 spiro atoms. The highest BCUT2D eigenvalue weighted by Crippen LogP contribution is 2.67. The van der Waals surface area contributed by atoms with Crippen LogP contribution in [0.1, 0.15) is 85.5 Å². The van der Waals surface area contributed by atoms with Crippen molar-refractivity contribution in [3.8, 4) is 0 Å². The lowest BCUT2D eigenvalue weighted by atomic mass is 9.47. The van der Waals surface area contributed by atoms with Gasteiger partial charge in [0.05, 0.1) is 5.92 Å². The largest absolute Gasteiger partial charge is 0.481 e. The first-order chi connectivity index (χ1) is 14.2. The molecule has 1 N–H and O–H groups in total. The molecule has 3 saturated carbocycles. The third-order valence-electron chi connectivity index (χ3n) is 10.0. The SMILES string of the molecule is CC(CCC[C@@H](C)[C@H]1CC[C@H]2[C@@H]3CCC4=CC(=O)C=C[C@]4(C)[C@H]3CC[C@]12C)C(=O)O. The van der Waals surface area contributed by atoms with Crippen molar-refractivity contribution in [2.75, 3.05) is 0 Å². The molecule has 4 aliphatic rings. The van der Waals surface area contributed by atoms with E-state index in [2.05, 4.69) is 26.8 Å². The number of allylic oxidation sites excluding steroid dienone is 4. The van der Waals surface area contributed by atoms with Gasteiger partial charge in [0.25, 0.3) is 0 Å². The summed E-state index contributed by atoms with van der Waals surface area (Å²) in [6.07, 6.45) is 16.6. The number of hydrogen-bond acceptors (Lipinski definition) is 2. The maximum absolute atomic E-state index is 11.9. The topological polar surface area (TPSA) is 54.4 Å². The molecule has 4 aliphatic carbocycles. The number of ketones is 1. The molecule has 3 nitrogen and oxygen atoms in total. The van der Waals surface area contributed by atoms with E-state index in [-0.39, 0.29) is 17.1 Å². The lowest BCUT2D eigenvalue weighted by Gasteiger charge is -2.57. The quantitative estimate of drug-likeness (QED) is 0.546. The zero-order valence-electron chi connectivity index (χ0n) is 19.3. The fourth-order valence-electron chi connectivity index (χ4n) is 8.24. The molecule has 0 aliphatic heterocycles. The van der Waals surface area contributed by atoms with E-state index in [4.69, 9.17) is 5.11 Å². The van der Waals surface area contributed by atoms with Crippen LogP contribution >= 0.6 is 0 Å². The highest BCUT2D eigenvalue weighted by Gasteiger charge is 2.58. The number of hydrogen-bond donors (Lipinski definition) is 1. The van der Waals surface area contributed by atoms with Crippen molar-refractivity contribution in [1.82, 2.24) is 0 Å². The van der Waals surface area contributed by atoms with Crippen LogP contribution in [0.5, 0.6) is 0 Å². The van der Waals surface area contributed by atoms with Gasteiger partial charge in [-0.05, 0) is 92.1 Å². The van der Waals surface area contributed by atoms with E-state index in [1.165, 1.54) is 37.7 Å². The second-order valence-corrected chi connectivity index (χ2v) is 11.5. The van der Waals surface area contributed by atoms with Crippen LogP contribution in [-0.2, 0) is 9.59 Å². The molecule has 3 heteroatoms. The molecule has 0 heterocycles. The Kier molecular flexibility index (Phi) is 5.79. The van der Waals surface area contributed by atoms with Crippen molar-refractivity contribution in [1.29, 1.82) is 0 Å². The second-order valence-electron chi connectivity index (χ2n) is 11.5. The van der Waals surface area contributed by atoms with E-state index in [1.54, 1.807) is 0 Å². The number of carboxylic acid groups (broad SMARTS) is 1. The first-order valence-corrected chi connectivity index (χ1v) is 12.3. The number of carbonyl (C=O) groups is 2. The van der Waals surface area contributed by atoms with Crippen molar-refractivity contribution < 1.29 is 14.7 Å². The van der Waals surface area contributed by atoms with Gasteiger partial charge in [-0.25, -0.2) is 0 Å². The number of rotatable bonds is 6. The van der Waals surface area contributed by atoms with Crippen LogP contribution in [0.2, 0.25) is 0 Å². The molecule has 0 radical (unpaired) electrons. The van der Waals surface area contributed by atoms with Crippen molar-refractivity contribution >= 4 is 11.8 Å². The Morgan fingerprint density at radius 1 is 1.13 bits per heavy atom. The average molecular weight is 413 g/mol. The predicted molar refractivity (Wildman–Crippen MR) is 120 cm³/mol. The third-order valence-corrected chi connectivity index (χ3v) is 10.0. The van der Waals surface area contributed by atoms with Crippen molar-refractivity contribution in [3.05, 3.63) is 23.8 Å². The number of fused-ring (bicyclic) bond motifs is 5. The average Bonchev–Trinajstić information content (AvgIpc) is 3.05. The summed E-state index contributed by atoms with van der Waals surface area (Å²) in [6.45, 7) is 9.23. The minimum Gasteiger partial charge on any atom is -0.481 e. The minimum atomic E-state index is -0.661. The van der Waals surface area contributed by atoms with Gasteiger partial charge in [-0.1, -0.05) is 52.2 Å². The van der Waals surface area contributed by atoms with Crippen LogP contribution < -0.4 is 0 Å². The molecule has 0 amide bonds. The molecule has 0 saturated heterocycles. The van der Waals surface area contributed by atoms with Gasteiger partial charge in [0, 0.05) is 5.41 Å². The van der Waals surface area contributed by atoms with E-state index in [0.717, 1.165) is 43.4 Å². The standard InChI is InChI=1S/C27H40O3/c1-17(6-5-7-18(2)25(29)30)22-10-11-23-21-9-8-19-16-20(28)12-14-26(19,3)24(21)13-15-27(22,23)4/h12,14,16-18,21-24H,5-11,13,15H2,1-4H3,(H,29,30)/t17-,18?,21+,22-,23+,24+,26+,27-/m1/s1. The van der Waals surface area contributed by atoms with Crippen molar-refractivity contribution in [2.45, 2.75) is 85.5 Å². The zero-order valence-corrected chi connectivity index (χ0v) is 19.3. The van der Waals surface area contributed by atoms with Gasteiger partial charge < -0.3 is 5.11 Å². The lowest BCUT2D eigenvalue weighted by molar-refractivity contribution is -0.141. The van der Waals surface area contributed by atoms with Gasteiger partial charge in [-0.15, -0.1) is 0 Å². The summed E-state index contributed by atoms with van der Waals surface area (Å²) in [5, 5.41) is 9.15. The van der Waals surface area contributed by atoms with Gasteiger partial charge in [-0.3, -0.25) is 9.59 Å². The summed E-state index contributed by atoms with van der Waals surface area (Å²) in [5.41, 5.74) is 1.91. The van der Waals surface area contributed by atoms with E-state index in [9.17, 15) is 9.59 Å². The van der Waals surface area contributed by atoms with E-state index < -0.39 is 5.97 Å². The van der Waals surface area contributed by atoms with Gasteiger partial charge in [0.2, 0.25) is 0 Å². The third kappa shape index (κ3) is 3.50. The molecule has 30 heavy (non-hydrogen) atoms. The van der Waals surface area contributed by atoms with Crippen LogP contribution in [0.15, 0.2) is 23.8 Å². The fourth-order valence-corrected chi connectivity index (χ4v) is 8.24. The molecule has 8 atom stereocenters. The molecule has 4 rings (SSSR count). The molecule has 3 fully saturated rings. The van der Waals surface area contributed by atoms with Gasteiger partial charge in [-0.2, -0.15) is 0 Å². The van der Waals surface area contributed by atoms with Crippen LogP contribution in [0.25, 0.3) is 0 Å². The summed E-state index contributed by atoms with van der Waals surface area (Å²) in [5.74, 6) is 3.03. The van der Waals surface area contributed by atoms with Crippen LogP contribution in [0.3, 0.4) is 0 Å². The smallest absolute Gasteiger partial charge is 0.306 e. The first-order valence-electron chi connectivity index (χ1n) is 12.3. The highest BCUT2D eigenvalue weighted by molar-refractivity contribution is 6.01. The van der Waals surface area contributed by atoms with Gasteiger partial charge >= 0.3 is 5.97 Å². The van der Waals surface area contributed by atoms with E-state index in [0.29, 0.717) is 17.3 Å². The summed E-state index contributed by atoms with van der Waals surface area (Å²) in [4.78, 5) is 23.1. The summed E-state index contributed by atoms with van der Waals surface area (Å²) >= 11 is 0. The maximum atomic E-state index is 11.9. The van der Waals surface area contributed by atoms with Crippen LogP contribution in [-0.4, -0.2) is 16.9 Å². The normalized spacial score (nSPS) is 42.0. The Morgan fingerprint density at radius 2 is 1.90 bits per heavy atom. The summed E-state index contributed by atoms with van der Waals surface area (Å²) in [6, 6.07) is 0. The van der Waals surface area contributed by atoms with E-state index in [1.807, 2.05) is 19.1 Å². The first kappa shape index (κ1) is 21.8. The summed E-state index contributed by atoms with van der Waals surface area (Å²) < 4.78 is 0. The van der Waals surface area contributed by atoms with Gasteiger partial charge in [0.1, 0.15) is 0 Å². The van der Waals surface area contributed by atoms with E-state index >= 15 is 0 Å².